The molecule has 1 aromatic rings. The van der Waals surface area contributed by atoms with Crippen LogP contribution in [0.2, 0.25) is 0 Å². The van der Waals surface area contributed by atoms with Gasteiger partial charge in [-0.05, 0) is 26.0 Å². The molecule has 1 heterocycles. The molecule has 0 fully saturated rings. The minimum atomic E-state index is -0.981. The summed E-state index contributed by atoms with van der Waals surface area (Å²) in [6.07, 6.45) is 1.56. The zero-order valence-corrected chi connectivity index (χ0v) is 9.49. The Labute approximate surface area is 90.2 Å². The predicted octanol–water partition coefficient (Wildman–Crippen LogP) is 1.11. The summed E-state index contributed by atoms with van der Waals surface area (Å²) in [6, 6.07) is 3.74. The van der Waals surface area contributed by atoms with Crippen LogP contribution in [0.15, 0.2) is 22.8 Å². The van der Waals surface area contributed by atoms with Gasteiger partial charge in [0.2, 0.25) is 0 Å². The molecule has 0 aliphatic heterocycles. The largest absolute Gasteiger partial charge is 0.466 e. The van der Waals surface area contributed by atoms with Crippen molar-refractivity contribution < 1.29 is 14.3 Å². The molecule has 4 heteroatoms. The van der Waals surface area contributed by atoms with Gasteiger partial charge in [-0.3, -0.25) is 0 Å². The molecule has 2 atom stereocenters. The van der Waals surface area contributed by atoms with Crippen molar-refractivity contribution in [2.45, 2.75) is 25.5 Å². The molecular weight excluding hydrogens is 194 g/mol. The van der Waals surface area contributed by atoms with E-state index in [1.54, 1.807) is 32.4 Å². The number of ether oxygens (including phenoxy) is 1. The van der Waals surface area contributed by atoms with E-state index in [1.165, 1.54) is 0 Å². The summed E-state index contributed by atoms with van der Waals surface area (Å²) in [5, 5.41) is 13.3. The molecule has 0 saturated carbocycles. The Morgan fingerprint density at radius 3 is 2.93 bits per heavy atom. The highest BCUT2D eigenvalue weighted by molar-refractivity contribution is 5.08. The lowest BCUT2D eigenvalue weighted by atomic mass is 10.0. The third kappa shape index (κ3) is 3.66. The van der Waals surface area contributed by atoms with Gasteiger partial charge in [-0.15, -0.1) is 0 Å². The molecule has 0 aromatic carbocycles. The fraction of sp³-hybridized carbons (Fsp3) is 0.636. The average molecular weight is 213 g/mol. The molecule has 0 bridgehead atoms. The van der Waals surface area contributed by atoms with Crippen molar-refractivity contribution >= 4 is 0 Å². The number of aliphatic hydroxyl groups is 1. The molecule has 1 aromatic heterocycles. The van der Waals surface area contributed by atoms with Crippen LogP contribution in [0.1, 0.15) is 19.6 Å². The third-order valence-electron chi connectivity index (χ3n) is 2.26. The van der Waals surface area contributed by atoms with Gasteiger partial charge in [0.05, 0.1) is 12.9 Å². The molecule has 4 nitrogen and oxygen atoms in total. The first-order valence-corrected chi connectivity index (χ1v) is 5.05. The topological polar surface area (TPSA) is 54.6 Å². The molecule has 15 heavy (non-hydrogen) atoms. The Morgan fingerprint density at radius 1 is 1.67 bits per heavy atom. The average Bonchev–Trinajstić information content (AvgIpc) is 2.69. The van der Waals surface area contributed by atoms with E-state index >= 15 is 0 Å². The zero-order chi connectivity index (χ0) is 11.3. The van der Waals surface area contributed by atoms with Gasteiger partial charge in [0.25, 0.3) is 0 Å². The number of methoxy groups -OCH3 is 1. The fourth-order valence-electron chi connectivity index (χ4n) is 1.35. The molecule has 2 unspecified atom stereocenters. The van der Waals surface area contributed by atoms with Crippen LogP contribution in [-0.4, -0.2) is 31.4 Å². The van der Waals surface area contributed by atoms with E-state index in [9.17, 15) is 5.11 Å². The highest BCUT2D eigenvalue weighted by atomic mass is 16.5. The first-order valence-electron chi connectivity index (χ1n) is 5.05. The Balaban J connectivity index is 2.43. The molecule has 86 valence electrons. The van der Waals surface area contributed by atoms with Gasteiger partial charge in [0, 0.05) is 19.7 Å². The second kappa shape index (κ2) is 5.30. The van der Waals surface area contributed by atoms with Crippen molar-refractivity contribution in [1.82, 2.24) is 5.32 Å². The van der Waals surface area contributed by atoms with E-state index in [1.807, 2.05) is 6.92 Å². The normalized spacial score (nSPS) is 17.3. The van der Waals surface area contributed by atoms with E-state index in [4.69, 9.17) is 9.15 Å². The van der Waals surface area contributed by atoms with Crippen LogP contribution in [0.4, 0.5) is 0 Å². The van der Waals surface area contributed by atoms with Crippen molar-refractivity contribution in [2.75, 3.05) is 20.3 Å². The Morgan fingerprint density at radius 2 is 2.40 bits per heavy atom. The maximum absolute atomic E-state index is 10.1. The van der Waals surface area contributed by atoms with Gasteiger partial charge in [0.1, 0.15) is 11.4 Å². The van der Waals surface area contributed by atoms with Gasteiger partial charge in [-0.1, -0.05) is 0 Å². The number of hydrogen-bond acceptors (Lipinski definition) is 4. The summed E-state index contributed by atoms with van der Waals surface area (Å²) in [5.74, 6) is 0.569. The Kier molecular flexibility index (Phi) is 4.32. The lowest BCUT2D eigenvalue weighted by Gasteiger charge is -2.23. The standard InChI is InChI=1S/C11H19NO3/c1-9(7-14-3)12-8-11(2,13)10-5-4-6-15-10/h4-6,9,12-13H,7-8H2,1-3H3. The van der Waals surface area contributed by atoms with Crippen LogP contribution in [-0.2, 0) is 10.3 Å². The van der Waals surface area contributed by atoms with Crippen molar-refractivity contribution in [3.05, 3.63) is 24.2 Å². The number of hydrogen-bond donors (Lipinski definition) is 2. The van der Waals surface area contributed by atoms with Crippen LogP contribution in [0.3, 0.4) is 0 Å². The molecule has 0 spiro atoms. The monoisotopic (exact) mass is 213 g/mol. The summed E-state index contributed by atoms with van der Waals surface area (Å²) in [4.78, 5) is 0. The minimum Gasteiger partial charge on any atom is -0.466 e. The molecule has 0 radical (unpaired) electrons. The van der Waals surface area contributed by atoms with Crippen molar-refractivity contribution in [3.8, 4) is 0 Å². The minimum absolute atomic E-state index is 0.205. The third-order valence-corrected chi connectivity index (χ3v) is 2.26. The van der Waals surface area contributed by atoms with E-state index in [2.05, 4.69) is 5.32 Å². The number of rotatable bonds is 6. The van der Waals surface area contributed by atoms with Gasteiger partial charge in [-0.25, -0.2) is 0 Å². The molecule has 0 aliphatic carbocycles. The SMILES string of the molecule is COCC(C)NCC(C)(O)c1ccco1. The summed E-state index contributed by atoms with van der Waals surface area (Å²) in [6.45, 7) is 4.78. The maximum Gasteiger partial charge on any atom is 0.136 e. The quantitative estimate of drug-likeness (QED) is 0.743. The highest BCUT2D eigenvalue weighted by Gasteiger charge is 2.26. The molecule has 0 aliphatic rings. The van der Waals surface area contributed by atoms with Crippen LogP contribution < -0.4 is 5.32 Å². The van der Waals surface area contributed by atoms with E-state index < -0.39 is 5.60 Å². The smallest absolute Gasteiger partial charge is 0.136 e. The summed E-state index contributed by atoms with van der Waals surface area (Å²) < 4.78 is 10.2. The second-order valence-corrected chi connectivity index (χ2v) is 3.99. The van der Waals surface area contributed by atoms with Crippen molar-refractivity contribution in [2.24, 2.45) is 0 Å². The number of nitrogens with one attached hydrogen (secondary N) is 1. The predicted molar refractivity (Wildman–Crippen MR) is 57.6 cm³/mol. The fourth-order valence-corrected chi connectivity index (χ4v) is 1.35. The van der Waals surface area contributed by atoms with Crippen LogP contribution in [0.5, 0.6) is 0 Å². The van der Waals surface area contributed by atoms with E-state index in [-0.39, 0.29) is 6.04 Å². The van der Waals surface area contributed by atoms with Gasteiger partial charge >= 0.3 is 0 Å². The first kappa shape index (κ1) is 12.2. The van der Waals surface area contributed by atoms with Gasteiger partial charge < -0.3 is 19.6 Å². The molecule has 2 N–H and O–H groups in total. The summed E-state index contributed by atoms with van der Waals surface area (Å²) in [5.41, 5.74) is -0.981. The molecular formula is C11H19NO3. The highest BCUT2D eigenvalue weighted by Crippen LogP contribution is 2.19. The second-order valence-electron chi connectivity index (χ2n) is 3.99. The van der Waals surface area contributed by atoms with Gasteiger partial charge in [-0.2, -0.15) is 0 Å². The van der Waals surface area contributed by atoms with Gasteiger partial charge in [0.15, 0.2) is 0 Å². The lowest BCUT2D eigenvalue weighted by molar-refractivity contribution is 0.0289. The van der Waals surface area contributed by atoms with Crippen LogP contribution in [0, 0.1) is 0 Å². The summed E-state index contributed by atoms with van der Waals surface area (Å²) >= 11 is 0. The molecule has 0 saturated heterocycles. The zero-order valence-electron chi connectivity index (χ0n) is 9.49. The lowest BCUT2D eigenvalue weighted by Crippen LogP contribution is -2.41. The van der Waals surface area contributed by atoms with E-state index in [0.717, 1.165) is 0 Å². The van der Waals surface area contributed by atoms with Crippen molar-refractivity contribution in [3.63, 3.8) is 0 Å². The summed E-state index contributed by atoms with van der Waals surface area (Å²) in [7, 11) is 1.66. The Bertz CT molecular complexity index is 269. The molecule has 0 amide bonds. The first-order chi connectivity index (χ1) is 7.06. The van der Waals surface area contributed by atoms with Crippen LogP contribution >= 0.6 is 0 Å². The number of furan rings is 1. The van der Waals surface area contributed by atoms with E-state index in [0.29, 0.717) is 18.9 Å². The Hall–Kier alpha value is -0.840. The maximum atomic E-state index is 10.1. The van der Waals surface area contributed by atoms with Crippen LogP contribution in [0.25, 0.3) is 0 Å². The van der Waals surface area contributed by atoms with Crippen molar-refractivity contribution in [1.29, 1.82) is 0 Å². The molecule has 1 rings (SSSR count).